The summed E-state index contributed by atoms with van der Waals surface area (Å²) in [5, 5.41) is 6.76. The van der Waals surface area contributed by atoms with Crippen molar-refractivity contribution in [2.24, 2.45) is 4.99 Å². The molecule has 0 saturated carbocycles. The molecule has 28 heavy (non-hydrogen) atoms. The Kier molecular flexibility index (Phi) is 12.1. The third kappa shape index (κ3) is 7.54. The van der Waals surface area contributed by atoms with Crippen LogP contribution in [0.2, 0.25) is 0 Å². The summed E-state index contributed by atoms with van der Waals surface area (Å²) in [6, 6.07) is 3.76. The van der Waals surface area contributed by atoms with Crippen molar-refractivity contribution >= 4 is 29.9 Å². The van der Waals surface area contributed by atoms with Gasteiger partial charge in [-0.25, -0.2) is 0 Å². The van der Waals surface area contributed by atoms with Gasteiger partial charge >= 0.3 is 0 Å². The lowest BCUT2D eigenvalue weighted by atomic mass is 10.1. The first-order valence-electron chi connectivity index (χ1n) is 9.67. The van der Waals surface area contributed by atoms with Crippen LogP contribution in [0.1, 0.15) is 24.8 Å². The number of rotatable bonds is 9. The van der Waals surface area contributed by atoms with E-state index in [9.17, 15) is 0 Å². The SMILES string of the molecule is CN=C(NCCc1c(OC)cc(OC)cc1OC)NCCN1CCCCC1.I. The molecular formula is C20H35IN4O3. The highest BCUT2D eigenvalue weighted by atomic mass is 127. The minimum Gasteiger partial charge on any atom is -0.496 e. The first-order chi connectivity index (χ1) is 13.2. The van der Waals surface area contributed by atoms with Crippen molar-refractivity contribution < 1.29 is 14.2 Å². The van der Waals surface area contributed by atoms with Crippen LogP contribution >= 0.6 is 24.0 Å². The van der Waals surface area contributed by atoms with E-state index >= 15 is 0 Å². The molecule has 1 saturated heterocycles. The average Bonchev–Trinajstić information content (AvgIpc) is 2.73. The topological polar surface area (TPSA) is 67.4 Å². The third-order valence-corrected chi connectivity index (χ3v) is 4.88. The molecule has 0 unspecified atom stereocenters. The van der Waals surface area contributed by atoms with E-state index in [0.717, 1.165) is 54.8 Å². The van der Waals surface area contributed by atoms with Gasteiger partial charge in [0.2, 0.25) is 0 Å². The van der Waals surface area contributed by atoms with Crippen LogP contribution in [0.4, 0.5) is 0 Å². The fraction of sp³-hybridized carbons (Fsp3) is 0.650. The van der Waals surface area contributed by atoms with Gasteiger partial charge in [-0.3, -0.25) is 4.99 Å². The van der Waals surface area contributed by atoms with Crippen molar-refractivity contribution in [1.29, 1.82) is 0 Å². The molecular weight excluding hydrogens is 471 g/mol. The normalized spacial score (nSPS) is 14.8. The number of nitrogens with zero attached hydrogens (tertiary/aromatic N) is 2. The molecule has 7 nitrogen and oxygen atoms in total. The summed E-state index contributed by atoms with van der Waals surface area (Å²) in [5.74, 6) is 3.07. The molecule has 1 aromatic rings. The highest BCUT2D eigenvalue weighted by Crippen LogP contribution is 2.34. The van der Waals surface area contributed by atoms with Gasteiger partial charge < -0.3 is 29.7 Å². The average molecular weight is 506 g/mol. The Hall–Kier alpha value is -1.42. The van der Waals surface area contributed by atoms with E-state index in [4.69, 9.17) is 14.2 Å². The summed E-state index contributed by atoms with van der Waals surface area (Å²) in [7, 11) is 6.75. The number of halogens is 1. The first kappa shape index (κ1) is 24.6. The fourth-order valence-corrected chi connectivity index (χ4v) is 3.37. The lowest BCUT2D eigenvalue weighted by Crippen LogP contribution is -2.43. The smallest absolute Gasteiger partial charge is 0.191 e. The molecule has 160 valence electrons. The van der Waals surface area contributed by atoms with Gasteiger partial charge in [-0.05, 0) is 32.4 Å². The first-order valence-corrected chi connectivity index (χ1v) is 9.67. The van der Waals surface area contributed by atoms with Crippen LogP contribution < -0.4 is 24.8 Å². The molecule has 0 amide bonds. The Morgan fingerprint density at radius 3 is 2.11 bits per heavy atom. The third-order valence-electron chi connectivity index (χ3n) is 4.88. The molecule has 1 fully saturated rings. The highest BCUT2D eigenvalue weighted by molar-refractivity contribution is 14.0. The van der Waals surface area contributed by atoms with Crippen molar-refractivity contribution in [2.45, 2.75) is 25.7 Å². The van der Waals surface area contributed by atoms with Gasteiger partial charge in [0, 0.05) is 44.4 Å². The predicted molar refractivity (Wildman–Crippen MR) is 125 cm³/mol. The molecule has 0 aromatic heterocycles. The van der Waals surface area contributed by atoms with Crippen LogP contribution in [0.3, 0.4) is 0 Å². The number of hydrogen-bond acceptors (Lipinski definition) is 5. The Morgan fingerprint density at radius 2 is 1.57 bits per heavy atom. The highest BCUT2D eigenvalue weighted by Gasteiger charge is 2.13. The number of piperidine rings is 1. The zero-order chi connectivity index (χ0) is 19.5. The van der Waals surface area contributed by atoms with Crippen LogP contribution in [-0.4, -0.2) is 72.0 Å². The summed E-state index contributed by atoms with van der Waals surface area (Å²) in [6.45, 7) is 5.10. The van der Waals surface area contributed by atoms with E-state index in [2.05, 4.69) is 20.5 Å². The number of aliphatic imine (C=N–C) groups is 1. The maximum atomic E-state index is 5.51. The summed E-state index contributed by atoms with van der Waals surface area (Å²) in [6.07, 6.45) is 4.76. The molecule has 0 bridgehead atoms. The lowest BCUT2D eigenvalue weighted by Gasteiger charge is -2.26. The Labute approximate surface area is 186 Å². The number of ether oxygens (including phenoxy) is 3. The number of likely N-dealkylation sites (tertiary alicyclic amines) is 1. The molecule has 1 aliphatic rings. The van der Waals surface area contributed by atoms with E-state index in [1.807, 2.05) is 12.1 Å². The zero-order valence-corrected chi connectivity index (χ0v) is 19.9. The second kappa shape index (κ2) is 13.7. The van der Waals surface area contributed by atoms with Crippen LogP contribution in [0, 0.1) is 0 Å². The van der Waals surface area contributed by atoms with E-state index in [0.29, 0.717) is 0 Å². The maximum Gasteiger partial charge on any atom is 0.191 e. The number of methoxy groups -OCH3 is 3. The zero-order valence-electron chi connectivity index (χ0n) is 17.5. The van der Waals surface area contributed by atoms with Gasteiger partial charge in [0.15, 0.2) is 5.96 Å². The molecule has 1 aliphatic heterocycles. The molecule has 2 N–H and O–H groups in total. The van der Waals surface area contributed by atoms with Crippen LogP contribution in [-0.2, 0) is 6.42 Å². The van der Waals surface area contributed by atoms with Crippen molar-refractivity contribution in [1.82, 2.24) is 15.5 Å². The van der Waals surface area contributed by atoms with Gasteiger partial charge in [0.25, 0.3) is 0 Å². The van der Waals surface area contributed by atoms with Gasteiger partial charge in [0.1, 0.15) is 17.2 Å². The van der Waals surface area contributed by atoms with Gasteiger partial charge in [-0.2, -0.15) is 0 Å². The molecule has 0 atom stereocenters. The monoisotopic (exact) mass is 506 g/mol. The summed E-state index contributed by atoms with van der Waals surface area (Å²) >= 11 is 0. The van der Waals surface area contributed by atoms with Crippen molar-refractivity contribution in [2.75, 3.05) is 61.1 Å². The van der Waals surface area contributed by atoms with Crippen molar-refractivity contribution in [3.8, 4) is 17.2 Å². The summed E-state index contributed by atoms with van der Waals surface area (Å²) in [4.78, 5) is 6.82. The number of benzene rings is 1. The van der Waals surface area contributed by atoms with Crippen LogP contribution in [0.15, 0.2) is 17.1 Å². The van der Waals surface area contributed by atoms with Crippen molar-refractivity contribution in [3.63, 3.8) is 0 Å². The van der Waals surface area contributed by atoms with Gasteiger partial charge in [-0.1, -0.05) is 6.42 Å². The van der Waals surface area contributed by atoms with Crippen molar-refractivity contribution in [3.05, 3.63) is 17.7 Å². The Bertz CT molecular complexity index is 582. The standard InChI is InChI=1S/C20H34N4O3.HI/c1-21-20(23-10-13-24-11-6-5-7-12-24)22-9-8-17-18(26-3)14-16(25-2)15-19(17)27-4;/h14-15H,5-13H2,1-4H3,(H2,21,22,23);1H. The second-order valence-electron chi connectivity index (χ2n) is 6.59. The molecule has 2 rings (SSSR count). The largest absolute Gasteiger partial charge is 0.496 e. The second-order valence-corrected chi connectivity index (χ2v) is 6.59. The molecule has 0 spiro atoms. The van der Waals surface area contributed by atoms with Gasteiger partial charge in [-0.15, -0.1) is 24.0 Å². The maximum absolute atomic E-state index is 5.51. The quantitative estimate of drug-likeness (QED) is 0.305. The van der Waals surface area contributed by atoms with Gasteiger partial charge in [0.05, 0.1) is 21.3 Å². The molecule has 0 radical (unpaired) electrons. The lowest BCUT2D eigenvalue weighted by molar-refractivity contribution is 0.232. The van der Waals surface area contributed by atoms with E-state index in [1.54, 1.807) is 28.4 Å². The predicted octanol–water partition coefficient (Wildman–Crippen LogP) is 2.52. The Morgan fingerprint density at radius 1 is 0.964 bits per heavy atom. The van der Waals surface area contributed by atoms with Crippen LogP contribution in [0.5, 0.6) is 17.2 Å². The molecule has 8 heteroatoms. The molecule has 0 aliphatic carbocycles. The fourth-order valence-electron chi connectivity index (χ4n) is 3.37. The Balaban J connectivity index is 0.00000392. The number of guanidine groups is 1. The number of nitrogens with one attached hydrogen (secondary N) is 2. The minimum atomic E-state index is 0. The summed E-state index contributed by atoms with van der Waals surface area (Å²) < 4.78 is 16.3. The van der Waals surface area contributed by atoms with Crippen LogP contribution in [0.25, 0.3) is 0 Å². The van der Waals surface area contributed by atoms with E-state index < -0.39 is 0 Å². The minimum absolute atomic E-state index is 0. The molecule has 1 heterocycles. The van der Waals surface area contributed by atoms with E-state index in [-0.39, 0.29) is 24.0 Å². The number of hydrogen-bond donors (Lipinski definition) is 2. The molecule has 1 aromatic carbocycles. The van der Waals surface area contributed by atoms with E-state index in [1.165, 1.54) is 32.4 Å². The summed E-state index contributed by atoms with van der Waals surface area (Å²) in [5.41, 5.74) is 1.01.